The van der Waals surface area contributed by atoms with Gasteiger partial charge in [0.25, 0.3) is 0 Å². The summed E-state index contributed by atoms with van der Waals surface area (Å²) in [6.07, 6.45) is 0.538. The van der Waals surface area contributed by atoms with Crippen LogP contribution in [0.25, 0.3) is 0 Å². The summed E-state index contributed by atoms with van der Waals surface area (Å²) >= 11 is 0. The van der Waals surface area contributed by atoms with Crippen molar-refractivity contribution in [3.05, 3.63) is 23.8 Å². The van der Waals surface area contributed by atoms with Crippen LogP contribution < -0.4 is 9.47 Å². The minimum absolute atomic E-state index is 0.182. The number of ether oxygens (including phenoxy) is 2. The molecule has 1 aromatic rings. The average molecular weight is 222 g/mol. The van der Waals surface area contributed by atoms with Gasteiger partial charge < -0.3 is 14.3 Å². The minimum atomic E-state index is 0.182. The first-order chi connectivity index (χ1) is 7.56. The van der Waals surface area contributed by atoms with Crippen molar-refractivity contribution in [2.24, 2.45) is 0 Å². The zero-order chi connectivity index (χ0) is 12.1. The molecule has 3 heteroatoms. The van der Waals surface area contributed by atoms with Crippen molar-refractivity contribution in [2.45, 2.75) is 26.2 Å². The molecule has 0 heterocycles. The fourth-order valence-corrected chi connectivity index (χ4v) is 1.66. The van der Waals surface area contributed by atoms with Gasteiger partial charge >= 0.3 is 0 Å². The minimum Gasteiger partial charge on any atom is -0.497 e. The second kappa shape index (κ2) is 5.54. The Morgan fingerprint density at radius 3 is 2.06 bits per heavy atom. The number of carbonyl (C=O) groups excluding carboxylic acids is 1. The third kappa shape index (κ3) is 3.26. The molecule has 1 aromatic carbocycles. The van der Waals surface area contributed by atoms with E-state index < -0.39 is 0 Å². The molecule has 1 unspecified atom stereocenters. The molecule has 0 aliphatic rings. The van der Waals surface area contributed by atoms with Gasteiger partial charge in [-0.1, -0.05) is 6.92 Å². The monoisotopic (exact) mass is 222 g/mol. The Hall–Kier alpha value is -1.51. The highest BCUT2D eigenvalue weighted by Crippen LogP contribution is 2.28. The Morgan fingerprint density at radius 2 is 1.69 bits per heavy atom. The Bertz CT molecular complexity index is 349. The van der Waals surface area contributed by atoms with Gasteiger partial charge in [0.1, 0.15) is 17.3 Å². The highest BCUT2D eigenvalue weighted by atomic mass is 16.5. The molecular formula is C13H18O3. The number of methoxy groups -OCH3 is 2. The van der Waals surface area contributed by atoms with Crippen LogP contribution in [0.5, 0.6) is 11.5 Å². The normalized spacial score (nSPS) is 12.0. The summed E-state index contributed by atoms with van der Waals surface area (Å²) in [5, 5.41) is 0. The van der Waals surface area contributed by atoms with Crippen molar-refractivity contribution in [1.82, 2.24) is 0 Å². The van der Waals surface area contributed by atoms with Gasteiger partial charge in [0, 0.05) is 12.5 Å². The lowest BCUT2D eigenvalue weighted by Gasteiger charge is -2.13. The number of ketones is 1. The largest absolute Gasteiger partial charge is 0.497 e. The molecule has 0 spiro atoms. The molecule has 0 bridgehead atoms. The standard InChI is InChI=1S/C13H18O3/c1-9(5-10(2)14)11-6-12(15-3)8-13(7-11)16-4/h6-9H,5H2,1-4H3. The second-order valence-electron chi connectivity index (χ2n) is 3.95. The first kappa shape index (κ1) is 12.6. The van der Waals surface area contributed by atoms with E-state index in [1.54, 1.807) is 21.1 Å². The SMILES string of the molecule is COc1cc(OC)cc(C(C)CC(C)=O)c1. The number of hydrogen-bond donors (Lipinski definition) is 0. The van der Waals surface area contributed by atoms with Crippen LogP contribution in [-0.2, 0) is 4.79 Å². The van der Waals surface area contributed by atoms with Crippen LogP contribution in [0.1, 0.15) is 31.7 Å². The molecule has 0 saturated carbocycles. The summed E-state index contributed by atoms with van der Waals surface area (Å²) in [5.74, 6) is 1.88. The maximum absolute atomic E-state index is 11.1. The van der Waals surface area contributed by atoms with E-state index in [1.807, 2.05) is 25.1 Å². The van der Waals surface area contributed by atoms with E-state index in [2.05, 4.69) is 0 Å². The Morgan fingerprint density at radius 1 is 1.19 bits per heavy atom. The number of carbonyl (C=O) groups is 1. The maximum Gasteiger partial charge on any atom is 0.130 e. The fourth-order valence-electron chi connectivity index (χ4n) is 1.66. The molecule has 3 nitrogen and oxygen atoms in total. The van der Waals surface area contributed by atoms with E-state index in [4.69, 9.17) is 9.47 Å². The van der Waals surface area contributed by atoms with Gasteiger partial charge in [-0.15, -0.1) is 0 Å². The highest BCUT2D eigenvalue weighted by Gasteiger charge is 2.11. The van der Waals surface area contributed by atoms with Crippen LogP contribution >= 0.6 is 0 Å². The van der Waals surface area contributed by atoms with Gasteiger partial charge in [-0.3, -0.25) is 0 Å². The van der Waals surface area contributed by atoms with Crippen LogP contribution in [0.3, 0.4) is 0 Å². The number of rotatable bonds is 5. The van der Waals surface area contributed by atoms with Gasteiger partial charge in [0.05, 0.1) is 14.2 Å². The predicted octanol–water partition coefficient (Wildman–Crippen LogP) is 2.79. The topological polar surface area (TPSA) is 35.5 Å². The Labute approximate surface area is 96.4 Å². The van der Waals surface area contributed by atoms with E-state index in [0.29, 0.717) is 6.42 Å². The van der Waals surface area contributed by atoms with Crippen LogP contribution in [0, 0.1) is 0 Å². The lowest BCUT2D eigenvalue weighted by Crippen LogP contribution is -2.01. The maximum atomic E-state index is 11.1. The zero-order valence-corrected chi connectivity index (χ0v) is 10.2. The van der Waals surface area contributed by atoms with Crippen LogP contribution in [0.2, 0.25) is 0 Å². The highest BCUT2D eigenvalue weighted by molar-refractivity contribution is 5.76. The molecule has 88 valence electrons. The van der Waals surface area contributed by atoms with Crippen molar-refractivity contribution < 1.29 is 14.3 Å². The molecule has 1 rings (SSSR count). The average Bonchev–Trinajstić information content (AvgIpc) is 2.27. The third-order valence-electron chi connectivity index (χ3n) is 2.54. The van der Waals surface area contributed by atoms with Crippen LogP contribution in [-0.4, -0.2) is 20.0 Å². The van der Waals surface area contributed by atoms with E-state index >= 15 is 0 Å². The summed E-state index contributed by atoms with van der Waals surface area (Å²) in [5.41, 5.74) is 1.06. The summed E-state index contributed by atoms with van der Waals surface area (Å²) < 4.78 is 10.4. The first-order valence-corrected chi connectivity index (χ1v) is 5.29. The predicted molar refractivity (Wildman–Crippen MR) is 63.3 cm³/mol. The molecule has 0 radical (unpaired) electrons. The number of Topliss-reactive ketones (excluding diaryl/α,β-unsaturated/α-hetero) is 1. The van der Waals surface area contributed by atoms with Crippen molar-refractivity contribution in [3.63, 3.8) is 0 Å². The van der Waals surface area contributed by atoms with Crippen LogP contribution in [0.4, 0.5) is 0 Å². The van der Waals surface area contributed by atoms with E-state index in [0.717, 1.165) is 17.1 Å². The number of hydrogen-bond acceptors (Lipinski definition) is 3. The van der Waals surface area contributed by atoms with Crippen molar-refractivity contribution >= 4 is 5.78 Å². The molecule has 0 fully saturated rings. The number of benzene rings is 1. The molecule has 16 heavy (non-hydrogen) atoms. The van der Waals surface area contributed by atoms with Crippen molar-refractivity contribution in [3.8, 4) is 11.5 Å². The third-order valence-corrected chi connectivity index (χ3v) is 2.54. The van der Waals surface area contributed by atoms with E-state index in [1.165, 1.54) is 0 Å². The summed E-state index contributed by atoms with van der Waals surface area (Å²) in [6.45, 7) is 3.63. The molecule has 0 aliphatic heterocycles. The molecule has 0 N–H and O–H groups in total. The first-order valence-electron chi connectivity index (χ1n) is 5.29. The van der Waals surface area contributed by atoms with Gasteiger partial charge in [-0.2, -0.15) is 0 Å². The van der Waals surface area contributed by atoms with Gasteiger partial charge in [-0.25, -0.2) is 0 Å². The fraction of sp³-hybridized carbons (Fsp3) is 0.462. The Balaban J connectivity index is 2.97. The zero-order valence-electron chi connectivity index (χ0n) is 10.2. The quantitative estimate of drug-likeness (QED) is 0.768. The summed E-state index contributed by atoms with van der Waals surface area (Å²) in [7, 11) is 3.24. The summed E-state index contributed by atoms with van der Waals surface area (Å²) in [6, 6.07) is 5.70. The lowest BCUT2D eigenvalue weighted by molar-refractivity contribution is -0.117. The molecular weight excluding hydrogens is 204 g/mol. The Kier molecular flexibility index (Phi) is 4.35. The van der Waals surface area contributed by atoms with Gasteiger partial charge in [-0.05, 0) is 30.5 Å². The van der Waals surface area contributed by atoms with Gasteiger partial charge in [0.2, 0.25) is 0 Å². The van der Waals surface area contributed by atoms with Gasteiger partial charge in [0.15, 0.2) is 0 Å². The van der Waals surface area contributed by atoms with Crippen molar-refractivity contribution in [2.75, 3.05) is 14.2 Å². The molecule has 0 aliphatic carbocycles. The smallest absolute Gasteiger partial charge is 0.130 e. The van der Waals surface area contributed by atoms with Crippen molar-refractivity contribution in [1.29, 1.82) is 0 Å². The van der Waals surface area contributed by atoms with E-state index in [9.17, 15) is 4.79 Å². The second-order valence-corrected chi connectivity index (χ2v) is 3.95. The summed E-state index contributed by atoms with van der Waals surface area (Å²) in [4.78, 5) is 11.1. The molecule has 1 atom stereocenters. The molecule has 0 amide bonds. The molecule has 0 saturated heterocycles. The molecule has 0 aromatic heterocycles. The van der Waals surface area contributed by atoms with Crippen LogP contribution in [0.15, 0.2) is 18.2 Å². The lowest BCUT2D eigenvalue weighted by atomic mass is 9.95. The van der Waals surface area contributed by atoms with E-state index in [-0.39, 0.29) is 11.7 Å².